The molecule has 2 rings (SSSR count). The monoisotopic (exact) mass is 399 g/mol. The van der Waals surface area contributed by atoms with Gasteiger partial charge in [0, 0.05) is 0 Å². The predicted molar refractivity (Wildman–Crippen MR) is 108 cm³/mol. The van der Waals surface area contributed by atoms with Gasteiger partial charge in [0.25, 0.3) is 0 Å². The molecule has 148 valence electrons. The molecule has 0 radical (unpaired) electrons. The highest BCUT2D eigenvalue weighted by Crippen LogP contribution is 2.16. The van der Waals surface area contributed by atoms with E-state index >= 15 is 0 Å². The van der Waals surface area contributed by atoms with Crippen molar-refractivity contribution in [2.45, 2.75) is 38.1 Å². The molecule has 0 saturated carbocycles. The highest BCUT2D eigenvalue weighted by molar-refractivity contribution is 7.89. The Hall–Kier alpha value is -2.69. The Labute approximate surface area is 166 Å². The molecule has 0 unspecified atom stereocenters. The van der Waals surface area contributed by atoms with Gasteiger partial charge in [0.1, 0.15) is 6.07 Å². The van der Waals surface area contributed by atoms with Gasteiger partial charge in [-0.2, -0.15) is 5.26 Å². The molecule has 0 fully saturated rings. The number of carbonyl (C=O) groups is 1. The first kappa shape index (κ1) is 21.6. The van der Waals surface area contributed by atoms with Gasteiger partial charge in [0.2, 0.25) is 15.9 Å². The quantitative estimate of drug-likeness (QED) is 0.713. The zero-order valence-corrected chi connectivity index (χ0v) is 17.1. The Balaban J connectivity index is 1.95. The van der Waals surface area contributed by atoms with Gasteiger partial charge in [-0.15, -0.1) is 0 Å². The summed E-state index contributed by atoms with van der Waals surface area (Å²) in [6.07, 6.45) is 0.993. The number of amides is 1. The van der Waals surface area contributed by atoms with Crippen LogP contribution in [-0.4, -0.2) is 20.9 Å². The SMILES string of the molecule is CC(C)Cc1ccc([C@H](C)NC(=O)CNS(=O)(=O)c2ccccc2C#N)cc1. The molecule has 1 amide bonds. The van der Waals surface area contributed by atoms with E-state index in [2.05, 4.69) is 23.9 Å². The summed E-state index contributed by atoms with van der Waals surface area (Å²) in [5.41, 5.74) is 2.21. The van der Waals surface area contributed by atoms with Crippen LogP contribution in [0.4, 0.5) is 0 Å². The molecule has 0 aliphatic carbocycles. The van der Waals surface area contributed by atoms with Crippen molar-refractivity contribution in [3.8, 4) is 6.07 Å². The second-order valence-corrected chi connectivity index (χ2v) is 8.80. The summed E-state index contributed by atoms with van der Waals surface area (Å²) < 4.78 is 27.0. The van der Waals surface area contributed by atoms with E-state index < -0.39 is 22.5 Å². The number of hydrogen-bond acceptors (Lipinski definition) is 4. The zero-order valence-electron chi connectivity index (χ0n) is 16.3. The van der Waals surface area contributed by atoms with Crippen molar-refractivity contribution in [2.75, 3.05) is 6.54 Å². The van der Waals surface area contributed by atoms with E-state index in [1.54, 1.807) is 6.07 Å². The fraction of sp³-hybridized carbons (Fsp3) is 0.333. The molecule has 1 atom stereocenters. The van der Waals surface area contributed by atoms with Crippen molar-refractivity contribution in [3.05, 3.63) is 65.2 Å². The molecule has 2 aromatic rings. The van der Waals surface area contributed by atoms with Crippen molar-refractivity contribution in [3.63, 3.8) is 0 Å². The summed E-state index contributed by atoms with van der Waals surface area (Å²) in [4.78, 5) is 12.0. The lowest BCUT2D eigenvalue weighted by Crippen LogP contribution is -2.38. The highest BCUT2D eigenvalue weighted by atomic mass is 32.2. The van der Waals surface area contributed by atoms with E-state index in [1.165, 1.54) is 23.8 Å². The van der Waals surface area contributed by atoms with E-state index in [0.29, 0.717) is 5.92 Å². The molecule has 0 aliphatic heterocycles. The van der Waals surface area contributed by atoms with Crippen LogP contribution in [-0.2, 0) is 21.2 Å². The van der Waals surface area contributed by atoms with Gasteiger partial charge in [0.05, 0.1) is 23.0 Å². The van der Waals surface area contributed by atoms with Crippen LogP contribution in [0.5, 0.6) is 0 Å². The molecule has 0 saturated heterocycles. The normalized spacial score (nSPS) is 12.4. The summed E-state index contributed by atoms with van der Waals surface area (Å²) in [6, 6.07) is 15.5. The summed E-state index contributed by atoms with van der Waals surface area (Å²) in [7, 11) is -3.95. The standard InChI is InChI=1S/C21H25N3O3S/c1-15(2)12-17-8-10-18(11-9-17)16(3)24-21(25)14-23-28(26,27)20-7-5-4-6-19(20)13-22/h4-11,15-16,23H,12,14H2,1-3H3,(H,24,25)/t16-/m0/s1. The van der Waals surface area contributed by atoms with Crippen LogP contribution in [0.3, 0.4) is 0 Å². The van der Waals surface area contributed by atoms with E-state index in [1.807, 2.05) is 37.3 Å². The minimum absolute atomic E-state index is 0.0327. The van der Waals surface area contributed by atoms with Gasteiger partial charge < -0.3 is 5.32 Å². The molecule has 2 aromatic carbocycles. The molecule has 7 heteroatoms. The first-order valence-electron chi connectivity index (χ1n) is 9.10. The fourth-order valence-electron chi connectivity index (χ4n) is 2.82. The minimum atomic E-state index is -3.95. The third kappa shape index (κ3) is 5.91. The molecule has 2 N–H and O–H groups in total. The van der Waals surface area contributed by atoms with Crippen LogP contribution in [0, 0.1) is 17.2 Å². The van der Waals surface area contributed by atoms with Crippen molar-refractivity contribution in [1.29, 1.82) is 5.26 Å². The summed E-state index contributed by atoms with van der Waals surface area (Å²) in [6.45, 7) is 5.76. The third-order valence-corrected chi connectivity index (χ3v) is 5.68. The van der Waals surface area contributed by atoms with Crippen LogP contribution in [0.1, 0.15) is 43.5 Å². The summed E-state index contributed by atoms with van der Waals surface area (Å²) in [5.74, 6) is 0.124. The summed E-state index contributed by atoms with van der Waals surface area (Å²) in [5, 5.41) is 11.8. The molecule has 0 spiro atoms. The number of carbonyl (C=O) groups excluding carboxylic acids is 1. The van der Waals surface area contributed by atoms with Gasteiger partial charge in [0.15, 0.2) is 0 Å². The van der Waals surface area contributed by atoms with E-state index in [0.717, 1.165) is 12.0 Å². The largest absolute Gasteiger partial charge is 0.348 e. The lowest BCUT2D eigenvalue weighted by Gasteiger charge is -2.16. The molecule has 0 aromatic heterocycles. The third-order valence-electron chi connectivity index (χ3n) is 4.22. The summed E-state index contributed by atoms with van der Waals surface area (Å²) >= 11 is 0. The van der Waals surface area contributed by atoms with Crippen molar-refractivity contribution in [2.24, 2.45) is 5.92 Å². The van der Waals surface area contributed by atoms with Gasteiger partial charge in [-0.1, -0.05) is 50.2 Å². The Morgan fingerprint density at radius 2 is 1.71 bits per heavy atom. The van der Waals surface area contributed by atoms with Crippen molar-refractivity contribution in [1.82, 2.24) is 10.0 Å². The van der Waals surface area contributed by atoms with E-state index in [-0.39, 0.29) is 16.5 Å². The number of nitriles is 1. The Morgan fingerprint density at radius 1 is 1.07 bits per heavy atom. The molecule has 0 bridgehead atoms. The van der Waals surface area contributed by atoms with Gasteiger partial charge >= 0.3 is 0 Å². The Bertz CT molecular complexity index is 961. The first-order chi connectivity index (χ1) is 13.2. The average Bonchev–Trinajstić information content (AvgIpc) is 2.66. The number of rotatable bonds is 8. The number of hydrogen-bond donors (Lipinski definition) is 2. The first-order valence-corrected chi connectivity index (χ1v) is 10.6. The van der Waals surface area contributed by atoms with Gasteiger partial charge in [-0.3, -0.25) is 4.79 Å². The molecule has 6 nitrogen and oxygen atoms in total. The van der Waals surface area contributed by atoms with Crippen molar-refractivity contribution >= 4 is 15.9 Å². The average molecular weight is 400 g/mol. The number of sulfonamides is 1. The second kappa shape index (κ2) is 9.49. The number of nitrogens with zero attached hydrogens (tertiary/aromatic N) is 1. The van der Waals surface area contributed by atoms with Gasteiger partial charge in [-0.05, 0) is 42.5 Å². The van der Waals surface area contributed by atoms with Crippen LogP contribution in [0.25, 0.3) is 0 Å². The molecular formula is C21H25N3O3S. The van der Waals surface area contributed by atoms with Crippen molar-refractivity contribution < 1.29 is 13.2 Å². The maximum absolute atomic E-state index is 12.4. The lowest BCUT2D eigenvalue weighted by molar-refractivity contribution is -0.120. The van der Waals surface area contributed by atoms with Gasteiger partial charge in [-0.25, -0.2) is 13.1 Å². The minimum Gasteiger partial charge on any atom is -0.348 e. The van der Waals surface area contributed by atoms with Crippen LogP contribution >= 0.6 is 0 Å². The van der Waals surface area contributed by atoms with Crippen LogP contribution in [0.2, 0.25) is 0 Å². The smallest absolute Gasteiger partial charge is 0.242 e. The molecule has 28 heavy (non-hydrogen) atoms. The zero-order chi connectivity index (χ0) is 20.7. The highest BCUT2D eigenvalue weighted by Gasteiger charge is 2.19. The fourth-order valence-corrected chi connectivity index (χ4v) is 3.96. The van der Waals surface area contributed by atoms with E-state index in [9.17, 15) is 13.2 Å². The Kier molecular flexibility index (Phi) is 7.32. The number of nitrogens with one attached hydrogen (secondary N) is 2. The predicted octanol–water partition coefficient (Wildman–Crippen LogP) is 2.91. The number of benzene rings is 2. The van der Waals surface area contributed by atoms with Crippen LogP contribution in [0.15, 0.2) is 53.4 Å². The molecule has 0 aliphatic rings. The maximum atomic E-state index is 12.4. The molecular weight excluding hydrogens is 374 g/mol. The van der Waals surface area contributed by atoms with E-state index in [4.69, 9.17) is 5.26 Å². The topological polar surface area (TPSA) is 99.1 Å². The second-order valence-electron chi connectivity index (χ2n) is 7.06. The lowest BCUT2D eigenvalue weighted by atomic mass is 10.00. The molecule has 0 heterocycles. The Morgan fingerprint density at radius 3 is 2.32 bits per heavy atom. The van der Waals surface area contributed by atoms with Crippen LogP contribution < -0.4 is 10.0 Å². The maximum Gasteiger partial charge on any atom is 0.242 e.